The Labute approximate surface area is 132 Å². The second kappa shape index (κ2) is 6.03. The number of rotatable bonds is 3. The number of hydrogen-bond acceptors (Lipinski definition) is 3. The van der Waals surface area contributed by atoms with Crippen molar-refractivity contribution >= 4 is 6.09 Å². The zero-order valence-electron chi connectivity index (χ0n) is 12.7. The molecule has 0 aromatic heterocycles. The molecule has 1 aromatic rings. The number of likely N-dealkylation sites (tertiary alicyclic amines) is 1. The van der Waals surface area contributed by atoms with Crippen molar-refractivity contribution in [3.05, 3.63) is 35.4 Å². The van der Waals surface area contributed by atoms with Crippen LogP contribution in [0.15, 0.2) is 24.3 Å². The fraction of sp³-hybridized carbons (Fsp3) is 0.562. The van der Waals surface area contributed by atoms with E-state index in [1.54, 1.807) is 6.07 Å². The molecule has 7 heteroatoms. The van der Waals surface area contributed by atoms with Gasteiger partial charge >= 0.3 is 12.3 Å². The third kappa shape index (κ3) is 3.77. The summed E-state index contributed by atoms with van der Waals surface area (Å²) >= 11 is 0. The number of halogens is 3. The van der Waals surface area contributed by atoms with Gasteiger partial charge in [0.2, 0.25) is 0 Å². The van der Waals surface area contributed by atoms with E-state index in [2.05, 4.69) is 10.2 Å². The summed E-state index contributed by atoms with van der Waals surface area (Å²) in [5.41, 5.74) is -0.297. The monoisotopic (exact) mass is 328 g/mol. The fourth-order valence-electron chi connectivity index (χ4n) is 3.16. The van der Waals surface area contributed by atoms with Gasteiger partial charge < -0.3 is 15.0 Å². The molecule has 0 unspecified atom stereocenters. The molecule has 0 atom stereocenters. The van der Waals surface area contributed by atoms with Crippen LogP contribution in [-0.4, -0.2) is 42.8 Å². The predicted molar refractivity (Wildman–Crippen MR) is 78.0 cm³/mol. The molecule has 1 aromatic carbocycles. The van der Waals surface area contributed by atoms with Gasteiger partial charge in [-0.3, -0.25) is 0 Å². The number of benzene rings is 1. The Morgan fingerprint density at radius 2 is 2.00 bits per heavy atom. The number of alkyl halides is 3. The summed E-state index contributed by atoms with van der Waals surface area (Å²) in [5.74, 6) is 0. The van der Waals surface area contributed by atoms with Crippen LogP contribution in [-0.2, 0) is 17.3 Å². The lowest BCUT2D eigenvalue weighted by atomic mass is 9.91. The quantitative estimate of drug-likeness (QED) is 0.928. The molecule has 1 N–H and O–H groups in total. The Morgan fingerprint density at radius 1 is 1.26 bits per heavy atom. The molecular formula is C16H19F3N2O2. The maximum atomic E-state index is 12.7. The van der Waals surface area contributed by atoms with Crippen LogP contribution in [0.2, 0.25) is 0 Å². The fourth-order valence-corrected chi connectivity index (χ4v) is 3.16. The molecule has 1 spiro atoms. The Kier molecular flexibility index (Phi) is 4.23. The topological polar surface area (TPSA) is 41.6 Å². The van der Waals surface area contributed by atoms with Crippen molar-refractivity contribution in [2.45, 2.75) is 31.0 Å². The highest BCUT2D eigenvalue weighted by Crippen LogP contribution is 2.31. The number of piperidine rings is 1. The van der Waals surface area contributed by atoms with E-state index in [1.165, 1.54) is 12.1 Å². The predicted octanol–water partition coefficient (Wildman–Crippen LogP) is 2.82. The molecule has 0 radical (unpaired) electrons. The van der Waals surface area contributed by atoms with Crippen LogP contribution in [0.3, 0.4) is 0 Å². The summed E-state index contributed by atoms with van der Waals surface area (Å²) in [6.07, 6.45) is -2.56. The smallest absolute Gasteiger partial charge is 0.416 e. The van der Waals surface area contributed by atoms with E-state index in [9.17, 15) is 18.0 Å². The van der Waals surface area contributed by atoms with Gasteiger partial charge in [-0.05, 0) is 18.1 Å². The summed E-state index contributed by atoms with van der Waals surface area (Å²) in [6, 6.07) is 5.49. The van der Waals surface area contributed by atoms with Crippen LogP contribution in [0.1, 0.15) is 24.0 Å². The average molecular weight is 328 g/mol. The number of carbonyl (C=O) groups is 1. The van der Waals surface area contributed by atoms with Gasteiger partial charge in [-0.15, -0.1) is 0 Å². The van der Waals surface area contributed by atoms with E-state index in [4.69, 9.17) is 4.74 Å². The molecule has 1 amide bonds. The van der Waals surface area contributed by atoms with Gasteiger partial charge in [-0.2, -0.15) is 13.2 Å². The SMILES string of the molecule is O=C1NCC2(CCN(CCc3cccc(C(F)(F)F)c3)CC2)O1. The summed E-state index contributed by atoms with van der Waals surface area (Å²) in [7, 11) is 0. The van der Waals surface area contributed by atoms with Crippen molar-refractivity contribution in [3.8, 4) is 0 Å². The van der Waals surface area contributed by atoms with Gasteiger partial charge in [0.25, 0.3) is 0 Å². The number of alkyl carbamates (subject to hydrolysis) is 1. The highest BCUT2D eigenvalue weighted by atomic mass is 19.4. The van der Waals surface area contributed by atoms with Crippen molar-refractivity contribution < 1.29 is 22.7 Å². The van der Waals surface area contributed by atoms with Crippen LogP contribution in [0.4, 0.5) is 18.0 Å². The molecule has 2 heterocycles. The molecule has 2 aliphatic rings. The minimum atomic E-state index is -4.30. The molecule has 2 fully saturated rings. The number of carbonyl (C=O) groups excluding carboxylic acids is 1. The van der Waals surface area contributed by atoms with Crippen molar-refractivity contribution in [2.75, 3.05) is 26.2 Å². The molecule has 3 rings (SSSR count). The van der Waals surface area contributed by atoms with Crippen LogP contribution < -0.4 is 5.32 Å². The van der Waals surface area contributed by atoms with Crippen molar-refractivity contribution in [2.24, 2.45) is 0 Å². The van der Waals surface area contributed by atoms with E-state index < -0.39 is 11.7 Å². The normalized spacial score (nSPS) is 21.3. The largest absolute Gasteiger partial charge is 0.441 e. The molecular weight excluding hydrogens is 309 g/mol. The van der Waals surface area contributed by atoms with E-state index in [0.717, 1.165) is 32.0 Å². The first-order chi connectivity index (χ1) is 10.9. The van der Waals surface area contributed by atoms with E-state index in [-0.39, 0.29) is 11.7 Å². The van der Waals surface area contributed by atoms with Crippen molar-refractivity contribution in [3.63, 3.8) is 0 Å². The number of ether oxygens (including phenoxy) is 1. The maximum absolute atomic E-state index is 12.7. The lowest BCUT2D eigenvalue weighted by molar-refractivity contribution is -0.137. The van der Waals surface area contributed by atoms with Gasteiger partial charge in [0, 0.05) is 32.5 Å². The van der Waals surface area contributed by atoms with Crippen LogP contribution in [0, 0.1) is 0 Å². The zero-order valence-corrected chi connectivity index (χ0v) is 12.7. The molecule has 2 saturated heterocycles. The number of amides is 1. The van der Waals surface area contributed by atoms with E-state index in [0.29, 0.717) is 25.1 Å². The summed E-state index contributed by atoms with van der Waals surface area (Å²) in [6.45, 7) is 2.83. The summed E-state index contributed by atoms with van der Waals surface area (Å²) < 4.78 is 43.5. The summed E-state index contributed by atoms with van der Waals surface area (Å²) in [5, 5.41) is 2.69. The van der Waals surface area contributed by atoms with Crippen molar-refractivity contribution in [1.29, 1.82) is 0 Å². The molecule has 2 aliphatic heterocycles. The van der Waals surface area contributed by atoms with Crippen LogP contribution in [0.5, 0.6) is 0 Å². The minimum absolute atomic E-state index is 0.359. The number of hydrogen-bond donors (Lipinski definition) is 1. The van der Waals surface area contributed by atoms with E-state index in [1.807, 2.05) is 0 Å². The lowest BCUT2D eigenvalue weighted by Gasteiger charge is -2.37. The minimum Gasteiger partial charge on any atom is -0.441 e. The molecule has 0 aliphatic carbocycles. The zero-order chi connectivity index (χ0) is 16.5. The molecule has 126 valence electrons. The second-order valence-corrected chi connectivity index (χ2v) is 6.22. The molecule has 23 heavy (non-hydrogen) atoms. The van der Waals surface area contributed by atoms with Gasteiger partial charge in [0.15, 0.2) is 0 Å². The number of nitrogens with zero attached hydrogens (tertiary/aromatic N) is 1. The van der Waals surface area contributed by atoms with Crippen LogP contribution in [0.25, 0.3) is 0 Å². The molecule has 0 bridgehead atoms. The molecule has 0 saturated carbocycles. The first kappa shape index (κ1) is 16.1. The van der Waals surface area contributed by atoms with E-state index >= 15 is 0 Å². The highest BCUT2D eigenvalue weighted by molar-refractivity contribution is 5.70. The Bertz CT molecular complexity index is 581. The average Bonchev–Trinajstić information content (AvgIpc) is 2.87. The standard InChI is InChI=1S/C16H19F3N2O2/c17-16(18,19)13-3-1-2-12(10-13)4-7-21-8-5-15(6-9-21)11-20-14(22)23-15/h1-3,10H,4-9,11H2,(H,20,22). The maximum Gasteiger partial charge on any atom is 0.416 e. The molecule has 4 nitrogen and oxygen atoms in total. The van der Waals surface area contributed by atoms with Crippen LogP contribution >= 0.6 is 0 Å². The third-order valence-electron chi connectivity index (χ3n) is 4.60. The Morgan fingerprint density at radius 3 is 2.61 bits per heavy atom. The second-order valence-electron chi connectivity index (χ2n) is 6.22. The Hall–Kier alpha value is -1.76. The summed E-state index contributed by atoms with van der Waals surface area (Å²) in [4.78, 5) is 13.4. The first-order valence-electron chi connectivity index (χ1n) is 7.72. The first-order valence-corrected chi connectivity index (χ1v) is 7.72. The highest BCUT2D eigenvalue weighted by Gasteiger charge is 2.42. The third-order valence-corrected chi connectivity index (χ3v) is 4.60. The van der Waals surface area contributed by atoms with Gasteiger partial charge in [0.1, 0.15) is 5.60 Å². The van der Waals surface area contributed by atoms with Gasteiger partial charge in [-0.1, -0.05) is 18.2 Å². The lowest BCUT2D eigenvalue weighted by Crippen LogP contribution is -2.47. The van der Waals surface area contributed by atoms with Crippen molar-refractivity contribution in [1.82, 2.24) is 10.2 Å². The van der Waals surface area contributed by atoms with Gasteiger partial charge in [0.05, 0.1) is 12.1 Å². The number of nitrogens with one attached hydrogen (secondary N) is 1. The Balaban J connectivity index is 1.51. The van der Waals surface area contributed by atoms with Gasteiger partial charge in [-0.25, -0.2) is 4.79 Å².